The van der Waals surface area contributed by atoms with Gasteiger partial charge in [0.15, 0.2) is 11.2 Å². The molecule has 10 heteroatoms. The minimum atomic E-state index is -0.490. The van der Waals surface area contributed by atoms with Gasteiger partial charge in [-0.2, -0.15) is 0 Å². The van der Waals surface area contributed by atoms with Gasteiger partial charge < -0.3 is 9.88 Å². The van der Waals surface area contributed by atoms with Crippen LogP contribution >= 0.6 is 11.3 Å². The van der Waals surface area contributed by atoms with Gasteiger partial charge in [-0.05, 0) is 19.1 Å². The number of imidazole rings is 1. The molecule has 0 aliphatic heterocycles. The Morgan fingerprint density at radius 1 is 1.10 bits per heavy atom. The lowest BCUT2D eigenvalue weighted by molar-refractivity contribution is -0.116. The number of hydrogen-bond acceptors (Lipinski definition) is 6. The van der Waals surface area contributed by atoms with Crippen LogP contribution in [-0.4, -0.2) is 29.6 Å². The fourth-order valence-corrected chi connectivity index (χ4v) is 3.71. The summed E-state index contributed by atoms with van der Waals surface area (Å²) in [4.78, 5) is 45.5. The molecule has 3 heterocycles. The van der Waals surface area contributed by atoms with Crippen LogP contribution in [0.3, 0.4) is 0 Å². The Morgan fingerprint density at radius 3 is 2.39 bits per heavy atom. The maximum Gasteiger partial charge on any atom is 0.332 e. The highest BCUT2D eigenvalue weighted by Gasteiger charge is 2.16. The molecule has 31 heavy (non-hydrogen) atoms. The Hall–Kier alpha value is -3.53. The summed E-state index contributed by atoms with van der Waals surface area (Å²) >= 11 is 1.58. The number of rotatable bonds is 4. The van der Waals surface area contributed by atoms with Crippen molar-refractivity contribution in [3.05, 3.63) is 61.8 Å². The van der Waals surface area contributed by atoms with Crippen molar-refractivity contribution < 1.29 is 4.79 Å². The van der Waals surface area contributed by atoms with E-state index in [0.29, 0.717) is 5.69 Å². The molecule has 0 saturated heterocycles. The molecule has 9 nitrogen and oxygen atoms in total. The van der Waals surface area contributed by atoms with Crippen LogP contribution in [-0.2, 0) is 25.4 Å². The van der Waals surface area contributed by atoms with Gasteiger partial charge in [0.1, 0.15) is 6.54 Å². The summed E-state index contributed by atoms with van der Waals surface area (Å²) in [5, 5.41) is 5.79. The molecule has 1 amide bonds. The van der Waals surface area contributed by atoms with E-state index in [1.165, 1.54) is 29.6 Å². The van der Waals surface area contributed by atoms with E-state index in [0.717, 1.165) is 20.8 Å². The Kier molecular flexibility index (Phi) is 6.50. The lowest BCUT2D eigenvalue weighted by Crippen LogP contribution is -2.37. The van der Waals surface area contributed by atoms with Crippen LogP contribution in [0.2, 0.25) is 0 Å². The first kappa shape index (κ1) is 22.2. The summed E-state index contributed by atoms with van der Waals surface area (Å²) in [6, 6.07) is 7.39. The molecule has 4 rings (SSSR count). The average Bonchev–Trinajstić information content (AvgIpc) is 3.39. The lowest BCUT2D eigenvalue weighted by atomic mass is 10.1. The van der Waals surface area contributed by atoms with Crippen molar-refractivity contribution in [3.8, 4) is 11.3 Å². The molecule has 0 atom stereocenters. The number of aryl methyl sites for hydroxylation is 2. The first-order valence-corrected chi connectivity index (χ1v) is 10.7. The summed E-state index contributed by atoms with van der Waals surface area (Å²) in [7, 11) is 2.93. The maximum absolute atomic E-state index is 12.5. The fraction of sp³-hybridized carbons (Fsp3) is 0.286. The third-order valence-electron chi connectivity index (χ3n) is 4.61. The molecule has 0 radical (unpaired) electrons. The Balaban J connectivity index is 0.00000132. The highest BCUT2D eigenvalue weighted by Crippen LogP contribution is 2.23. The molecule has 3 aromatic heterocycles. The highest BCUT2D eigenvalue weighted by molar-refractivity contribution is 7.09. The van der Waals surface area contributed by atoms with Gasteiger partial charge in [-0.15, -0.1) is 11.3 Å². The number of amides is 1. The molecule has 0 spiro atoms. The van der Waals surface area contributed by atoms with Crippen LogP contribution in [0.4, 0.5) is 5.69 Å². The minimum Gasteiger partial charge on any atom is -0.325 e. The normalized spacial score (nSPS) is 10.6. The second-order valence-electron chi connectivity index (χ2n) is 6.63. The molecule has 0 bridgehead atoms. The molecule has 162 valence electrons. The summed E-state index contributed by atoms with van der Waals surface area (Å²) in [5.74, 6) is -0.308. The van der Waals surface area contributed by atoms with Crippen LogP contribution in [0, 0.1) is 6.92 Å². The van der Waals surface area contributed by atoms with Crippen molar-refractivity contribution >= 4 is 34.1 Å². The summed E-state index contributed by atoms with van der Waals surface area (Å²) in [6.45, 7) is 5.85. The Bertz CT molecular complexity index is 1340. The molecule has 0 fully saturated rings. The van der Waals surface area contributed by atoms with Gasteiger partial charge >= 0.3 is 5.69 Å². The number of hydrogen-bond donors (Lipinski definition) is 1. The van der Waals surface area contributed by atoms with Crippen LogP contribution in [0.1, 0.15) is 18.9 Å². The summed E-state index contributed by atoms with van der Waals surface area (Å²) < 4.78 is 3.72. The van der Waals surface area contributed by atoms with Crippen LogP contribution < -0.4 is 16.6 Å². The summed E-state index contributed by atoms with van der Waals surface area (Å²) in [5.41, 5.74) is 2.00. The van der Waals surface area contributed by atoms with Crippen LogP contribution in [0.5, 0.6) is 0 Å². The van der Waals surface area contributed by atoms with E-state index >= 15 is 0 Å². The van der Waals surface area contributed by atoms with E-state index < -0.39 is 11.2 Å². The molecule has 0 unspecified atom stereocenters. The minimum absolute atomic E-state index is 0.100. The number of anilines is 1. The van der Waals surface area contributed by atoms with Crippen molar-refractivity contribution in [1.82, 2.24) is 23.7 Å². The average molecular weight is 441 g/mol. The molecule has 0 aliphatic rings. The van der Waals surface area contributed by atoms with Crippen molar-refractivity contribution in [2.24, 2.45) is 14.1 Å². The monoisotopic (exact) mass is 440 g/mol. The standard InChI is InChI=1S/C19H18N6O3S.C2H6/c1-11-21-14(9-29-11)12-4-6-13(7-5-12)22-15(26)8-25-10-20-17-16(25)18(27)24(3)19(28)23(17)2;1-2/h4-7,9-10H,8H2,1-3H3,(H,22,26);1-2H3. The number of nitrogens with zero attached hydrogens (tertiary/aromatic N) is 5. The highest BCUT2D eigenvalue weighted by atomic mass is 32.1. The van der Waals surface area contributed by atoms with E-state index in [9.17, 15) is 14.4 Å². The Labute approximate surface area is 182 Å². The zero-order valence-corrected chi connectivity index (χ0v) is 18.9. The lowest BCUT2D eigenvalue weighted by Gasteiger charge is -2.08. The van der Waals surface area contributed by atoms with Gasteiger partial charge in [0.25, 0.3) is 5.56 Å². The van der Waals surface area contributed by atoms with Crippen molar-refractivity contribution in [1.29, 1.82) is 0 Å². The predicted molar refractivity (Wildman–Crippen MR) is 122 cm³/mol. The molecule has 0 aliphatic carbocycles. The predicted octanol–water partition coefficient (Wildman–Crippen LogP) is 2.53. The zero-order valence-electron chi connectivity index (χ0n) is 18.0. The number of aromatic nitrogens is 5. The SMILES string of the molecule is CC.Cc1nc(-c2ccc(NC(=O)Cn3cnc4c3c(=O)n(C)c(=O)n4C)cc2)cs1. The number of carbonyl (C=O) groups excluding carboxylic acids is 1. The van der Waals surface area contributed by atoms with E-state index in [-0.39, 0.29) is 23.6 Å². The molecular formula is C21H24N6O3S. The molecule has 4 aromatic rings. The van der Waals surface area contributed by atoms with Crippen LogP contribution in [0.25, 0.3) is 22.4 Å². The van der Waals surface area contributed by atoms with Gasteiger partial charge in [-0.1, -0.05) is 26.0 Å². The van der Waals surface area contributed by atoms with Gasteiger partial charge in [0.05, 0.1) is 17.0 Å². The van der Waals surface area contributed by atoms with E-state index in [2.05, 4.69) is 15.3 Å². The number of carbonyl (C=O) groups is 1. The number of fused-ring (bicyclic) bond motifs is 1. The molecule has 1 N–H and O–H groups in total. The summed E-state index contributed by atoms with van der Waals surface area (Å²) in [6.07, 6.45) is 1.39. The van der Waals surface area contributed by atoms with Gasteiger partial charge in [-0.3, -0.25) is 18.7 Å². The maximum atomic E-state index is 12.5. The van der Waals surface area contributed by atoms with Crippen molar-refractivity contribution in [2.45, 2.75) is 27.3 Å². The fourth-order valence-electron chi connectivity index (χ4n) is 3.09. The van der Waals surface area contributed by atoms with Gasteiger partial charge in [-0.25, -0.2) is 14.8 Å². The van der Waals surface area contributed by atoms with Crippen LogP contribution in [0.15, 0.2) is 45.6 Å². The van der Waals surface area contributed by atoms with Gasteiger partial charge in [0, 0.05) is 30.7 Å². The molecule has 1 aromatic carbocycles. The zero-order chi connectivity index (χ0) is 22.7. The third kappa shape index (κ3) is 4.33. The second-order valence-corrected chi connectivity index (χ2v) is 7.69. The molecule has 0 saturated carbocycles. The number of nitrogens with one attached hydrogen (secondary N) is 1. The Morgan fingerprint density at radius 2 is 1.77 bits per heavy atom. The first-order valence-electron chi connectivity index (χ1n) is 9.78. The largest absolute Gasteiger partial charge is 0.332 e. The van der Waals surface area contributed by atoms with Gasteiger partial charge in [0.2, 0.25) is 5.91 Å². The quantitative estimate of drug-likeness (QED) is 0.525. The first-order chi connectivity index (χ1) is 14.8. The topological polar surface area (TPSA) is 104 Å². The molecular weight excluding hydrogens is 416 g/mol. The third-order valence-corrected chi connectivity index (χ3v) is 5.39. The van der Waals surface area contributed by atoms with E-state index in [1.54, 1.807) is 23.5 Å². The van der Waals surface area contributed by atoms with E-state index in [1.807, 2.05) is 38.3 Å². The second kappa shape index (κ2) is 9.09. The number of benzene rings is 1. The smallest absolute Gasteiger partial charge is 0.325 e. The van der Waals surface area contributed by atoms with E-state index in [4.69, 9.17) is 0 Å². The number of thiazole rings is 1. The van der Waals surface area contributed by atoms with Crippen molar-refractivity contribution in [2.75, 3.05) is 5.32 Å². The van der Waals surface area contributed by atoms with Crippen molar-refractivity contribution in [3.63, 3.8) is 0 Å².